The summed E-state index contributed by atoms with van der Waals surface area (Å²) in [4.78, 5) is 14.1. The molecule has 1 aromatic rings. The third-order valence-electron chi connectivity index (χ3n) is 3.43. The van der Waals surface area contributed by atoms with Gasteiger partial charge in [0.15, 0.2) is 0 Å². The molecule has 0 aliphatic carbocycles. The third kappa shape index (κ3) is 2.27. The van der Waals surface area contributed by atoms with Crippen LogP contribution in [-0.4, -0.2) is 32.2 Å². The van der Waals surface area contributed by atoms with Crippen molar-refractivity contribution in [1.82, 2.24) is 14.7 Å². The summed E-state index contributed by atoms with van der Waals surface area (Å²) >= 11 is 0. The van der Waals surface area contributed by atoms with Crippen LogP contribution in [0.15, 0.2) is 12.4 Å². The molecule has 2 atom stereocenters. The first-order chi connectivity index (χ1) is 8.30. The van der Waals surface area contributed by atoms with Crippen molar-refractivity contribution in [2.75, 3.05) is 0 Å². The molecule has 100 valence electrons. The molecule has 2 heterocycles. The Morgan fingerprint density at radius 1 is 1.44 bits per heavy atom. The third-order valence-corrected chi connectivity index (χ3v) is 3.43. The molecule has 1 aromatic heterocycles. The van der Waals surface area contributed by atoms with Gasteiger partial charge in [-0.3, -0.25) is 9.48 Å². The average molecular weight is 250 g/mol. The van der Waals surface area contributed by atoms with Crippen LogP contribution >= 0.6 is 0 Å². The van der Waals surface area contributed by atoms with Gasteiger partial charge in [-0.05, 0) is 27.2 Å². The predicted molar refractivity (Wildman–Crippen MR) is 69.8 cm³/mol. The number of carbonyl (C=O) groups is 1. The predicted octanol–water partition coefficient (Wildman–Crippen LogP) is 1.21. The molecule has 1 fully saturated rings. The molecule has 1 aliphatic rings. The van der Waals surface area contributed by atoms with Gasteiger partial charge in [-0.1, -0.05) is 0 Å². The molecule has 2 N–H and O–H groups in total. The van der Waals surface area contributed by atoms with E-state index in [9.17, 15) is 4.79 Å². The van der Waals surface area contributed by atoms with Crippen LogP contribution in [0.25, 0.3) is 0 Å². The maximum atomic E-state index is 12.2. The average Bonchev–Trinajstić information content (AvgIpc) is 2.66. The molecule has 1 saturated heterocycles. The van der Waals surface area contributed by atoms with Gasteiger partial charge >= 0.3 is 0 Å². The van der Waals surface area contributed by atoms with Gasteiger partial charge in [0.2, 0.25) is 5.91 Å². The minimum Gasteiger partial charge on any atom is -0.329 e. The topological polar surface area (TPSA) is 64.2 Å². The second kappa shape index (κ2) is 4.39. The monoisotopic (exact) mass is 250 g/mol. The molecule has 0 saturated carbocycles. The standard InChI is InChI=1S/C13H22N4O/c1-13(2,3)17-11(18)6-5-10(14)12(17)9-7-15-16(4)8-9/h7-8,10,12H,5-6,14H2,1-4H3. The summed E-state index contributed by atoms with van der Waals surface area (Å²) < 4.78 is 1.75. The zero-order valence-electron chi connectivity index (χ0n) is 11.6. The first-order valence-corrected chi connectivity index (χ1v) is 6.37. The van der Waals surface area contributed by atoms with Gasteiger partial charge in [-0.2, -0.15) is 5.10 Å². The van der Waals surface area contributed by atoms with E-state index in [1.165, 1.54) is 0 Å². The van der Waals surface area contributed by atoms with Crippen molar-refractivity contribution in [3.8, 4) is 0 Å². The van der Waals surface area contributed by atoms with E-state index in [1.807, 2.05) is 45.1 Å². The fraction of sp³-hybridized carbons (Fsp3) is 0.692. The van der Waals surface area contributed by atoms with Crippen LogP contribution in [0, 0.1) is 0 Å². The lowest BCUT2D eigenvalue weighted by Crippen LogP contribution is -2.56. The summed E-state index contributed by atoms with van der Waals surface area (Å²) in [5, 5.41) is 4.19. The number of aromatic nitrogens is 2. The molecule has 0 spiro atoms. The Kier molecular flexibility index (Phi) is 3.19. The highest BCUT2D eigenvalue weighted by atomic mass is 16.2. The van der Waals surface area contributed by atoms with E-state index in [4.69, 9.17) is 5.73 Å². The summed E-state index contributed by atoms with van der Waals surface area (Å²) in [5.74, 6) is 0.179. The zero-order valence-corrected chi connectivity index (χ0v) is 11.6. The largest absolute Gasteiger partial charge is 0.329 e. The molecule has 0 aromatic carbocycles. The number of amides is 1. The van der Waals surface area contributed by atoms with E-state index >= 15 is 0 Å². The molecular formula is C13H22N4O. The number of nitrogens with zero attached hydrogens (tertiary/aromatic N) is 3. The highest BCUT2D eigenvalue weighted by Crippen LogP contribution is 2.35. The number of aryl methyl sites for hydroxylation is 1. The van der Waals surface area contributed by atoms with Gasteiger partial charge in [0, 0.05) is 36.8 Å². The first-order valence-electron chi connectivity index (χ1n) is 6.37. The maximum Gasteiger partial charge on any atom is 0.223 e. The minimum atomic E-state index is -0.227. The normalized spacial score (nSPS) is 25.6. The minimum absolute atomic E-state index is 0.0221. The van der Waals surface area contributed by atoms with Crippen molar-refractivity contribution >= 4 is 5.91 Å². The Bertz CT molecular complexity index is 446. The Morgan fingerprint density at radius 3 is 2.61 bits per heavy atom. The van der Waals surface area contributed by atoms with Crippen LogP contribution in [0.3, 0.4) is 0 Å². The van der Waals surface area contributed by atoms with E-state index < -0.39 is 0 Å². The fourth-order valence-electron chi connectivity index (χ4n) is 2.70. The zero-order chi connectivity index (χ0) is 13.5. The van der Waals surface area contributed by atoms with Gasteiger partial charge in [0.1, 0.15) is 0 Å². The summed E-state index contributed by atoms with van der Waals surface area (Å²) in [7, 11) is 1.88. The van der Waals surface area contributed by atoms with E-state index in [0.717, 1.165) is 12.0 Å². The van der Waals surface area contributed by atoms with Gasteiger partial charge in [-0.25, -0.2) is 0 Å². The van der Waals surface area contributed by atoms with E-state index in [0.29, 0.717) is 6.42 Å². The smallest absolute Gasteiger partial charge is 0.223 e. The Morgan fingerprint density at radius 2 is 2.11 bits per heavy atom. The van der Waals surface area contributed by atoms with Crippen molar-refractivity contribution in [1.29, 1.82) is 0 Å². The number of hydrogen-bond donors (Lipinski definition) is 1. The highest BCUT2D eigenvalue weighted by Gasteiger charge is 2.41. The summed E-state index contributed by atoms with van der Waals surface area (Å²) in [6.45, 7) is 6.14. The number of piperidine rings is 1. The van der Waals surface area contributed by atoms with Crippen LogP contribution in [0.2, 0.25) is 0 Å². The Labute approximate surface area is 108 Å². The lowest BCUT2D eigenvalue weighted by molar-refractivity contribution is -0.144. The number of nitrogens with two attached hydrogens (primary N) is 1. The van der Waals surface area contributed by atoms with Crippen molar-refractivity contribution in [2.24, 2.45) is 12.8 Å². The Hall–Kier alpha value is -1.36. The van der Waals surface area contributed by atoms with Crippen molar-refractivity contribution in [3.05, 3.63) is 18.0 Å². The van der Waals surface area contributed by atoms with Gasteiger partial charge < -0.3 is 10.6 Å². The SMILES string of the molecule is Cn1cc(C2C(N)CCC(=O)N2C(C)(C)C)cn1. The molecule has 2 unspecified atom stereocenters. The van der Waals surface area contributed by atoms with Crippen molar-refractivity contribution in [3.63, 3.8) is 0 Å². The molecule has 5 heteroatoms. The molecule has 0 radical (unpaired) electrons. The summed E-state index contributed by atoms with van der Waals surface area (Å²) in [5.41, 5.74) is 7.03. The van der Waals surface area contributed by atoms with Gasteiger partial charge in [0.05, 0.1) is 12.2 Å². The quantitative estimate of drug-likeness (QED) is 0.814. The summed E-state index contributed by atoms with van der Waals surface area (Å²) in [6.07, 6.45) is 5.03. The van der Waals surface area contributed by atoms with Crippen LogP contribution in [0.1, 0.15) is 45.2 Å². The molecular weight excluding hydrogens is 228 g/mol. The van der Waals surface area contributed by atoms with Gasteiger partial charge in [-0.15, -0.1) is 0 Å². The first kappa shape index (κ1) is 13.1. The number of hydrogen-bond acceptors (Lipinski definition) is 3. The molecule has 5 nitrogen and oxygen atoms in total. The Balaban J connectivity index is 2.41. The van der Waals surface area contributed by atoms with Crippen molar-refractivity contribution in [2.45, 2.75) is 51.2 Å². The van der Waals surface area contributed by atoms with Crippen LogP contribution in [0.4, 0.5) is 0 Å². The fourth-order valence-corrected chi connectivity index (χ4v) is 2.70. The van der Waals surface area contributed by atoms with Gasteiger partial charge in [0.25, 0.3) is 0 Å². The van der Waals surface area contributed by atoms with Crippen LogP contribution < -0.4 is 5.73 Å². The second-order valence-corrected chi connectivity index (χ2v) is 6.03. The highest BCUT2D eigenvalue weighted by molar-refractivity contribution is 5.78. The van der Waals surface area contributed by atoms with E-state index in [-0.39, 0.29) is 23.5 Å². The second-order valence-electron chi connectivity index (χ2n) is 6.03. The van der Waals surface area contributed by atoms with Crippen LogP contribution in [-0.2, 0) is 11.8 Å². The van der Waals surface area contributed by atoms with E-state index in [2.05, 4.69) is 5.10 Å². The number of rotatable bonds is 1. The molecule has 18 heavy (non-hydrogen) atoms. The van der Waals surface area contributed by atoms with Crippen LogP contribution in [0.5, 0.6) is 0 Å². The molecule has 1 amide bonds. The van der Waals surface area contributed by atoms with E-state index in [1.54, 1.807) is 4.68 Å². The molecule has 0 bridgehead atoms. The lowest BCUT2D eigenvalue weighted by Gasteiger charge is -2.47. The lowest BCUT2D eigenvalue weighted by atomic mass is 9.88. The van der Waals surface area contributed by atoms with Crippen molar-refractivity contribution < 1.29 is 4.79 Å². The number of likely N-dealkylation sites (tertiary alicyclic amines) is 1. The molecule has 2 rings (SSSR count). The maximum absolute atomic E-state index is 12.2. The summed E-state index contributed by atoms with van der Waals surface area (Å²) in [6, 6.07) is -0.0916. The molecule has 1 aliphatic heterocycles. The number of carbonyl (C=O) groups excluding carboxylic acids is 1.